The van der Waals surface area contributed by atoms with E-state index < -0.39 is 5.91 Å². The van der Waals surface area contributed by atoms with Gasteiger partial charge in [0, 0.05) is 31.1 Å². The molecule has 3 rings (SSSR count). The third-order valence-electron chi connectivity index (χ3n) is 4.31. The van der Waals surface area contributed by atoms with E-state index in [4.69, 9.17) is 5.21 Å². The minimum absolute atomic E-state index is 0.0700. The van der Waals surface area contributed by atoms with Crippen LogP contribution in [0.1, 0.15) is 41.6 Å². The fourth-order valence-corrected chi connectivity index (χ4v) is 3.20. The van der Waals surface area contributed by atoms with Crippen molar-refractivity contribution in [1.82, 2.24) is 15.4 Å². The number of amides is 2. The number of rotatable bonds is 6. The van der Waals surface area contributed by atoms with Gasteiger partial charge < -0.3 is 9.88 Å². The van der Waals surface area contributed by atoms with Gasteiger partial charge in [0.25, 0.3) is 5.91 Å². The molecular formula is C17H21N3O3. The first kappa shape index (κ1) is 15.6. The van der Waals surface area contributed by atoms with Gasteiger partial charge in [-0.3, -0.25) is 14.8 Å². The third kappa shape index (κ3) is 3.22. The monoisotopic (exact) mass is 315 g/mol. The van der Waals surface area contributed by atoms with Crippen LogP contribution in [0.3, 0.4) is 0 Å². The number of nitrogens with zero attached hydrogens (tertiary/aromatic N) is 1. The highest BCUT2D eigenvalue weighted by molar-refractivity contribution is 6.07. The second-order valence-corrected chi connectivity index (χ2v) is 5.90. The fourth-order valence-electron chi connectivity index (χ4n) is 3.20. The maximum Gasteiger partial charge on any atom is 0.253 e. The number of unbranched alkanes of at least 4 members (excludes halogenated alkanes) is 1. The summed E-state index contributed by atoms with van der Waals surface area (Å²) in [6, 6.07) is 6.14. The Kier molecular flexibility index (Phi) is 4.62. The molecule has 0 unspecified atom stereocenters. The van der Waals surface area contributed by atoms with Gasteiger partial charge in [-0.25, -0.2) is 5.48 Å². The van der Waals surface area contributed by atoms with Crippen molar-refractivity contribution in [1.29, 1.82) is 0 Å². The summed E-state index contributed by atoms with van der Waals surface area (Å²) in [6.45, 7) is 1.47. The Morgan fingerprint density at radius 2 is 2.13 bits per heavy atom. The predicted molar refractivity (Wildman–Crippen MR) is 86.4 cm³/mol. The van der Waals surface area contributed by atoms with E-state index in [-0.39, 0.29) is 12.3 Å². The van der Waals surface area contributed by atoms with E-state index in [0.29, 0.717) is 19.4 Å². The van der Waals surface area contributed by atoms with Crippen molar-refractivity contribution in [2.24, 2.45) is 0 Å². The lowest BCUT2D eigenvalue weighted by Gasteiger charge is -2.14. The molecule has 2 aromatic rings. The Labute approximate surface area is 134 Å². The summed E-state index contributed by atoms with van der Waals surface area (Å²) in [5.74, 6) is -0.468. The molecule has 6 nitrogen and oxygen atoms in total. The standard InChI is InChI=1S/C17H21N3O3/c21-15(19-23)8-1-2-9-18-17(22)14-11-20-10-4-6-12-5-3-7-13(14)16(12)20/h3,5,7,11,23H,1-2,4,6,8-10H2,(H,18,22)(H,19,21). The molecule has 2 heterocycles. The molecule has 23 heavy (non-hydrogen) atoms. The van der Waals surface area contributed by atoms with Gasteiger partial charge in [0.15, 0.2) is 0 Å². The van der Waals surface area contributed by atoms with Crippen LogP contribution in [0.5, 0.6) is 0 Å². The summed E-state index contributed by atoms with van der Waals surface area (Å²) in [4.78, 5) is 23.3. The Morgan fingerprint density at radius 3 is 2.96 bits per heavy atom. The zero-order chi connectivity index (χ0) is 16.2. The Balaban J connectivity index is 1.64. The normalized spacial score (nSPS) is 13.1. The number of aromatic nitrogens is 1. The van der Waals surface area contributed by atoms with Gasteiger partial charge in [-0.15, -0.1) is 0 Å². The Bertz CT molecular complexity index is 736. The summed E-state index contributed by atoms with van der Waals surface area (Å²) < 4.78 is 2.18. The van der Waals surface area contributed by atoms with Gasteiger partial charge >= 0.3 is 0 Å². The highest BCUT2D eigenvalue weighted by Crippen LogP contribution is 2.29. The minimum atomic E-state index is -0.398. The first-order valence-corrected chi connectivity index (χ1v) is 8.02. The second-order valence-electron chi connectivity index (χ2n) is 5.90. The Hall–Kier alpha value is -2.34. The van der Waals surface area contributed by atoms with Crippen LogP contribution in [0.2, 0.25) is 0 Å². The molecule has 0 fully saturated rings. The highest BCUT2D eigenvalue weighted by Gasteiger charge is 2.19. The van der Waals surface area contributed by atoms with Crippen molar-refractivity contribution < 1.29 is 14.8 Å². The van der Waals surface area contributed by atoms with Crippen LogP contribution < -0.4 is 10.8 Å². The van der Waals surface area contributed by atoms with E-state index in [9.17, 15) is 9.59 Å². The predicted octanol–water partition coefficient (Wildman–Crippen LogP) is 1.99. The molecule has 0 atom stereocenters. The second kappa shape index (κ2) is 6.83. The van der Waals surface area contributed by atoms with Crippen LogP contribution in [-0.2, 0) is 17.8 Å². The molecule has 1 aliphatic heterocycles. The van der Waals surface area contributed by atoms with Crippen molar-refractivity contribution in [3.8, 4) is 0 Å². The largest absolute Gasteiger partial charge is 0.352 e. The number of hydrogen-bond donors (Lipinski definition) is 3. The Morgan fingerprint density at radius 1 is 1.26 bits per heavy atom. The molecule has 2 amide bonds. The molecular weight excluding hydrogens is 294 g/mol. The SMILES string of the molecule is O=C(CCCCNC(=O)c1cn2c3c(cccc13)CCC2)NO. The lowest BCUT2D eigenvalue weighted by molar-refractivity contribution is -0.129. The van der Waals surface area contributed by atoms with Crippen molar-refractivity contribution in [3.63, 3.8) is 0 Å². The first-order chi connectivity index (χ1) is 11.2. The lowest BCUT2D eigenvalue weighted by Crippen LogP contribution is -2.25. The average Bonchev–Trinajstić information content (AvgIpc) is 2.95. The molecule has 1 aromatic carbocycles. The number of para-hydroxylation sites is 1. The zero-order valence-electron chi connectivity index (χ0n) is 13.0. The summed E-state index contributed by atoms with van der Waals surface area (Å²) in [7, 11) is 0. The highest BCUT2D eigenvalue weighted by atomic mass is 16.5. The van der Waals surface area contributed by atoms with Crippen LogP contribution in [0.25, 0.3) is 10.9 Å². The zero-order valence-corrected chi connectivity index (χ0v) is 13.0. The van der Waals surface area contributed by atoms with E-state index in [0.717, 1.165) is 30.3 Å². The average molecular weight is 315 g/mol. The van der Waals surface area contributed by atoms with Gasteiger partial charge in [-0.05, 0) is 31.2 Å². The summed E-state index contributed by atoms with van der Waals surface area (Å²) >= 11 is 0. The molecule has 122 valence electrons. The summed E-state index contributed by atoms with van der Waals surface area (Å²) in [5, 5.41) is 12.3. The number of carbonyl (C=O) groups excluding carboxylic acids is 2. The van der Waals surface area contributed by atoms with Gasteiger partial charge in [-0.2, -0.15) is 0 Å². The molecule has 0 radical (unpaired) electrons. The van der Waals surface area contributed by atoms with E-state index in [1.54, 1.807) is 5.48 Å². The summed E-state index contributed by atoms with van der Waals surface area (Å²) in [6.07, 6.45) is 5.70. The van der Waals surface area contributed by atoms with Crippen LogP contribution in [0, 0.1) is 0 Å². The molecule has 0 saturated carbocycles. The van der Waals surface area contributed by atoms with Gasteiger partial charge in [0.2, 0.25) is 5.91 Å². The van der Waals surface area contributed by atoms with Gasteiger partial charge in [0.1, 0.15) is 0 Å². The van der Waals surface area contributed by atoms with Gasteiger partial charge in [0.05, 0.1) is 11.1 Å². The van der Waals surface area contributed by atoms with Gasteiger partial charge in [-0.1, -0.05) is 18.2 Å². The van der Waals surface area contributed by atoms with Crippen molar-refractivity contribution in [3.05, 3.63) is 35.5 Å². The number of aryl methyl sites for hydroxylation is 2. The molecule has 0 spiro atoms. The number of benzene rings is 1. The maximum atomic E-state index is 12.4. The van der Waals surface area contributed by atoms with Crippen LogP contribution in [0.15, 0.2) is 24.4 Å². The number of carbonyl (C=O) groups is 2. The smallest absolute Gasteiger partial charge is 0.253 e. The third-order valence-corrected chi connectivity index (χ3v) is 4.31. The lowest BCUT2D eigenvalue weighted by atomic mass is 10.0. The quantitative estimate of drug-likeness (QED) is 0.433. The molecule has 0 bridgehead atoms. The molecule has 0 saturated heterocycles. The molecule has 0 aliphatic carbocycles. The summed E-state index contributed by atoms with van der Waals surface area (Å²) in [5.41, 5.74) is 4.81. The first-order valence-electron chi connectivity index (χ1n) is 8.02. The van der Waals surface area contributed by atoms with E-state index in [2.05, 4.69) is 16.0 Å². The molecule has 1 aromatic heterocycles. The molecule has 3 N–H and O–H groups in total. The van der Waals surface area contributed by atoms with Crippen LogP contribution in [-0.4, -0.2) is 28.1 Å². The van der Waals surface area contributed by atoms with Crippen LogP contribution >= 0.6 is 0 Å². The maximum absolute atomic E-state index is 12.4. The van der Waals surface area contributed by atoms with E-state index in [1.807, 2.05) is 18.3 Å². The number of hydroxylamine groups is 1. The number of hydrogen-bond acceptors (Lipinski definition) is 3. The number of nitrogens with one attached hydrogen (secondary N) is 2. The molecule has 1 aliphatic rings. The van der Waals surface area contributed by atoms with Crippen molar-refractivity contribution in [2.75, 3.05) is 6.54 Å². The van der Waals surface area contributed by atoms with Crippen LogP contribution in [0.4, 0.5) is 0 Å². The topological polar surface area (TPSA) is 83.4 Å². The fraction of sp³-hybridized carbons (Fsp3) is 0.412. The van der Waals surface area contributed by atoms with Crippen molar-refractivity contribution >= 4 is 22.7 Å². The van der Waals surface area contributed by atoms with E-state index in [1.165, 1.54) is 11.1 Å². The van der Waals surface area contributed by atoms with Crippen molar-refractivity contribution in [2.45, 2.75) is 38.6 Å². The minimum Gasteiger partial charge on any atom is -0.352 e. The van der Waals surface area contributed by atoms with E-state index >= 15 is 0 Å². The molecule has 6 heteroatoms.